The fraction of sp³-hybridized carbons (Fsp3) is 0.250. The van der Waals surface area contributed by atoms with Gasteiger partial charge >= 0.3 is 5.97 Å². The van der Waals surface area contributed by atoms with Gasteiger partial charge in [-0.2, -0.15) is 0 Å². The quantitative estimate of drug-likeness (QED) is 0.525. The van der Waals surface area contributed by atoms with Crippen molar-refractivity contribution in [2.75, 3.05) is 6.61 Å². The number of benzene rings is 1. The fourth-order valence-electron chi connectivity index (χ4n) is 1.80. The van der Waals surface area contributed by atoms with Crippen LogP contribution < -0.4 is 0 Å². The van der Waals surface area contributed by atoms with E-state index in [1.54, 1.807) is 6.08 Å². The van der Waals surface area contributed by atoms with Crippen molar-refractivity contribution >= 4 is 5.97 Å². The van der Waals surface area contributed by atoms with Crippen molar-refractivity contribution in [1.82, 2.24) is 0 Å². The molecule has 0 radical (unpaired) electrons. The summed E-state index contributed by atoms with van der Waals surface area (Å²) in [5, 5.41) is 0. The summed E-state index contributed by atoms with van der Waals surface area (Å²) >= 11 is 0. The summed E-state index contributed by atoms with van der Waals surface area (Å²) in [5.41, 5.74) is 1.14. The van der Waals surface area contributed by atoms with E-state index in [0.29, 0.717) is 6.61 Å². The zero-order chi connectivity index (χ0) is 9.97. The van der Waals surface area contributed by atoms with Crippen LogP contribution in [0, 0.1) is 5.92 Å². The fourth-order valence-corrected chi connectivity index (χ4v) is 1.80. The van der Waals surface area contributed by atoms with Gasteiger partial charge in [-0.1, -0.05) is 36.4 Å². The highest BCUT2D eigenvalue weighted by Gasteiger charge is 2.35. The number of hydrogen-bond donors (Lipinski definition) is 0. The van der Waals surface area contributed by atoms with Gasteiger partial charge in [0.15, 0.2) is 0 Å². The Hall–Kier alpha value is -1.57. The maximum Gasteiger partial charge on any atom is 0.313 e. The van der Waals surface area contributed by atoms with Gasteiger partial charge in [0, 0.05) is 5.92 Å². The molecule has 1 fully saturated rings. The second kappa shape index (κ2) is 3.66. The number of rotatable bonds is 2. The lowest BCUT2D eigenvalue weighted by molar-refractivity contribution is -0.140. The van der Waals surface area contributed by atoms with Gasteiger partial charge in [0.1, 0.15) is 0 Å². The standard InChI is InChI=1S/C12H12O2/c1-2-10-11(8-14-12(10)13)9-6-4-3-5-7-9/h2-7,10-11H,1,8H2. The summed E-state index contributed by atoms with van der Waals surface area (Å²) in [4.78, 5) is 11.3. The van der Waals surface area contributed by atoms with Crippen molar-refractivity contribution in [3.63, 3.8) is 0 Å². The Bertz CT molecular complexity index is 343. The number of ether oxygens (including phenoxy) is 1. The Balaban J connectivity index is 2.27. The average Bonchev–Trinajstić information content (AvgIpc) is 2.61. The lowest BCUT2D eigenvalue weighted by Crippen LogP contribution is -2.11. The van der Waals surface area contributed by atoms with E-state index >= 15 is 0 Å². The highest BCUT2D eigenvalue weighted by Crippen LogP contribution is 2.32. The summed E-state index contributed by atoms with van der Waals surface area (Å²) in [6.45, 7) is 4.14. The minimum absolute atomic E-state index is 0.140. The van der Waals surface area contributed by atoms with Crippen LogP contribution in [0.1, 0.15) is 11.5 Å². The predicted octanol–water partition coefficient (Wildman–Crippen LogP) is 2.13. The molecule has 0 N–H and O–H groups in total. The Morgan fingerprint density at radius 3 is 2.71 bits per heavy atom. The van der Waals surface area contributed by atoms with Crippen molar-refractivity contribution < 1.29 is 9.53 Å². The Morgan fingerprint density at radius 2 is 2.07 bits per heavy atom. The highest BCUT2D eigenvalue weighted by molar-refractivity contribution is 5.78. The molecule has 2 nitrogen and oxygen atoms in total. The maximum absolute atomic E-state index is 11.3. The zero-order valence-corrected chi connectivity index (χ0v) is 7.85. The Kier molecular flexibility index (Phi) is 2.35. The second-order valence-electron chi connectivity index (χ2n) is 3.41. The summed E-state index contributed by atoms with van der Waals surface area (Å²) in [6.07, 6.45) is 1.67. The molecule has 14 heavy (non-hydrogen) atoms. The van der Waals surface area contributed by atoms with E-state index in [0.717, 1.165) is 5.56 Å². The molecule has 0 saturated carbocycles. The zero-order valence-electron chi connectivity index (χ0n) is 7.85. The van der Waals surface area contributed by atoms with Crippen LogP contribution in [0.25, 0.3) is 0 Å². The van der Waals surface area contributed by atoms with Gasteiger partial charge in [0.2, 0.25) is 0 Å². The highest BCUT2D eigenvalue weighted by atomic mass is 16.5. The van der Waals surface area contributed by atoms with Gasteiger partial charge in [0.25, 0.3) is 0 Å². The third-order valence-corrected chi connectivity index (χ3v) is 2.59. The van der Waals surface area contributed by atoms with Crippen LogP contribution in [0.2, 0.25) is 0 Å². The molecule has 0 aliphatic carbocycles. The van der Waals surface area contributed by atoms with Gasteiger partial charge < -0.3 is 4.74 Å². The Morgan fingerprint density at radius 1 is 1.36 bits per heavy atom. The van der Waals surface area contributed by atoms with Gasteiger partial charge in [-0.05, 0) is 5.56 Å². The topological polar surface area (TPSA) is 26.3 Å². The van der Waals surface area contributed by atoms with Crippen LogP contribution in [0.3, 0.4) is 0 Å². The van der Waals surface area contributed by atoms with Crippen molar-refractivity contribution in [3.8, 4) is 0 Å². The maximum atomic E-state index is 11.3. The molecule has 1 heterocycles. The Labute approximate surface area is 83.2 Å². The number of carbonyl (C=O) groups is 1. The summed E-state index contributed by atoms with van der Waals surface area (Å²) in [5.74, 6) is -0.201. The number of cyclic esters (lactones) is 1. The number of hydrogen-bond acceptors (Lipinski definition) is 2. The number of esters is 1. The van der Waals surface area contributed by atoms with Gasteiger partial charge in [-0.15, -0.1) is 6.58 Å². The van der Waals surface area contributed by atoms with E-state index < -0.39 is 0 Å². The van der Waals surface area contributed by atoms with Gasteiger partial charge in [-0.25, -0.2) is 0 Å². The van der Waals surface area contributed by atoms with Crippen molar-refractivity contribution in [3.05, 3.63) is 48.6 Å². The molecule has 2 rings (SSSR count). The molecule has 1 aromatic rings. The first kappa shape index (κ1) is 9.00. The molecule has 0 spiro atoms. The first-order chi connectivity index (χ1) is 6.83. The molecule has 2 atom stereocenters. The smallest absolute Gasteiger partial charge is 0.313 e. The van der Waals surface area contributed by atoms with E-state index in [2.05, 4.69) is 6.58 Å². The minimum atomic E-state index is -0.183. The molecule has 1 saturated heterocycles. The van der Waals surface area contributed by atoms with E-state index in [4.69, 9.17) is 4.74 Å². The third kappa shape index (κ3) is 1.43. The molecule has 1 aliphatic rings. The minimum Gasteiger partial charge on any atom is -0.465 e. The summed E-state index contributed by atoms with van der Waals surface area (Å²) in [6, 6.07) is 9.94. The molecule has 0 bridgehead atoms. The van der Waals surface area contributed by atoms with Crippen LogP contribution >= 0.6 is 0 Å². The van der Waals surface area contributed by atoms with Crippen LogP contribution in [0.5, 0.6) is 0 Å². The van der Waals surface area contributed by atoms with E-state index in [9.17, 15) is 4.79 Å². The van der Waals surface area contributed by atoms with Crippen molar-refractivity contribution in [2.24, 2.45) is 5.92 Å². The molecule has 2 unspecified atom stereocenters. The molecule has 0 aromatic heterocycles. The van der Waals surface area contributed by atoms with E-state index in [-0.39, 0.29) is 17.8 Å². The monoisotopic (exact) mass is 188 g/mol. The van der Waals surface area contributed by atoms with Gasteiger partial charge in [0.05, 0.1) is 12.5 Å². The summed E-state index contributed by atoms with van der Waals surface area (Å²) < 4.78 is 5.01. The lowest BCUT2D eigenvalue weighted by atomic mass is 9.89. The lowest BCUT2D eigenvalue weighted by Gasteiger charge is -2.10. The first-order valence-electron chi connectivity index (χ1n) is 4.67. The molecular formula is C12H12O2. The normalized spacial score (nSPS) is 25.9. The first-order valence-corrected chi connectivity index (χ1v) is 4.67. The molecule has 2 heteroatoms. The van der Waals surface area contributed by atoms with Crippen LogP contribution in [-0.2, 0) is 9.53 Å². The molecule has 0 amide bonds. The van der Waals surface area contributed by atoms with Crippen LogP contribution in [0.15, 0.2) is 43.0 Å². The van der Waals surface area contributed by atoms with E-state index in [1.807, 2.05) is 30.3 Å². The molecule has 72 valence electrons. The number of carbonyl (C=O) groups excluding carboxylic acids is 1. The van der Waals surface area contributed by atoms with Gasteiger partial charge in [-0.3, -0.25) is 4.79 Å². The van der Waals surface area contributed by atoms with Crippen LogP contribution in [-0.4, -0.2) is 12.6 Å². The molecular weight excluding hydrogens is 176 g/mol. The molecule has 1 aliphatic heterocycles. The SMILES string of the molecule is C=CC1C(=O)OCC1c1ccccc1. The van der Waals surface area contributed by atoms with Crippen molar-refractivity contribution in [1.29, 1.82) is 0 Å². The predicted molar refractivity (Wildman–Crippen MR) is 53.8 cm³/mol. The average molecular weight is 188 g/mol. The second-order valence-corrected chi connectivity index (χ2v) is 3.41. The van der Waals surface area contributed by atoms with Crippen molar-refractivity contribution in [2.45, 2.75) is 5.92 Å². The third-order valence-electron chi connectivity index (χ3n) is 2.59. The van der Waals surface area contributed by atoms with Crippen LogP contribution in [0.4, 0.5) is 0 Å². The summed E-state index contributed by atoms with van der Waals surface area (Å²) in [7, 11) is 0. The molecule has 1 aromatic carbocycles. The largest absolute Gasteiger partial charge is 0.465 e. The van der Waals surface area contributed by atoms with E-state index in [1.165, 1.54) is 0 Å².